The SMILES string of the molecule is C=C(C)C(=O)OCCC(C)(CCCC)C(C)C. The number of carbonyl (C=O) groups excluding carboxylic acids is 1. The maximum Gasteiger partial charge on any atom is 0.333 e. The topological polar surface area (TPSA) is 26.3 Å². The molecule has 2 heteroatoms. The molecule has 2 nitrogen and oxygen atoms in total. The van der Waals surface area contributed by atoms with E-state index < -0.39 is 0 Å². The Balaban J connectivity index is 4.18. The van der Waals surface area contributed by atoms with Gasteiger partial charge in [0.25, 0.3) is 0 Å². The molecule has 0 amide bonds. The van der Waals surface area contributed by atoms with Crippen molar-refractivity contribution in [1.82, 2.24) is 0 Å². The Hall–Kier alpha value is -0.790. The highest BCUT2D eigenvalue weighted by Gasteiger charge is 2.27. The quantitative estimate of drug-likeness (QED) is 0.466. The predicted octanol–water partition coefficient (Wildman–Crippen LogP) is 4.35. The fourth-order valence-electron chi connectivity index (χ4n) is 1.78. The van der Waals surface area contributed by atoms with Crippen LogP contribution < -0.4 is 0 Å². The summed E-state index contributed by atoms with van der Waals surface area (Å²) in [6, 6.07) is 0. The van der Waals surface area contributed by atoms with Crippen LogP contribution in [0.5, 0.6) is 0 Å². The summed E-state index contributed by atoms with van der Waals surface area (Å²) < 4.78 is 5.19. The van der Waals surface area contributed by atoms with Gasteiger partial charge in [-0.1, -0.05) is 47.1 Å². The van der Waals surface area contributed by atoms with Gasteiger partial charge in [0, 0.05) is 5.57 Å². The number of esters is 1. The summed E-state index contributed by atoms with van der Waals surface area (Å²) in [4.78, 5) is 11.3. The molecule has 0 aromatic rings. The molecular formula is C15H28O2. The molecule has 0 aliphatic carbocycles. The summed E-state index contributed by atoms with van der Waals surface area (Å²) >= 11 is 0. The molecule has 0 radical (unpaired) electrons. The van der Waals surface area contributed by atoms with E-state index in [1.54, 1.807) is 6.92 Å². The molecule has 100 valence electrons. The second kappa shape index (κ2) is 7.52. The minimum atomic E-state index is -0.272. The van der Waals surface area contributed by atoms with Crippen molar-refractivity contribution in [3.05, 3.63) is 12.2 Å². The lowest BCUT2D eigenvalue weighted by atomic mass is 9.73. The third kappa shape index (κ3) is 5.90. The zero-order valence-corrected chi connectivity index (χ0v) is 12.1. The summed E-state index contributed by atoms with van der Waals surface area (Å²) in [5.41, 5.74) is 0.746. The van der Waals surface area contributed by atoms with E-state index in [0.29, 0.717) is 18.1 Å². The van der Waals surface area contributed by atoms with Gasteiger partial charge in [-0.25, -0.2) is 4.79 Å². The molecule has 0 saturated carbocycles. The lowest BCUT2D eigenvalue weighted by molar-refractivity contribution is -0.139. The van der Waals surface area contributed by atoms with Crippen LogP contribution in [-0.2, 0) is 9.53 Å². The number of rotatable bonds is 8. The summed E-state index contributed by atoms with van der Waals surface area (Å²) in [6.07, 6.45) is 4.59. The molecule has 1 atom stereocenters. The molecule has 0 rings (SSSR count). The highest BCUT2D eigenvalue weighted by molar-refractivity contribution is 5.86. The van der Waals surface area contributed by atoms with Gasteiger partial charge in [0.05, 0.1) is 6.61 Å². The van der Waals surface area contributed by atoms with Crippen LogP contribution in [0.2, 0.25) is 0 Å². The number of carbonyl (C=O) groups is 1. The van der Waals surface area contributed by atoms with Crippen molar-refractivity contribution < 1.29 is 9.53 Å². The fourth-order valence-corrected chi connectivity index (χ4v) is 1.78. The fraction of sp³-hybridized carbons (Fsp3) is 0.800. The maximum absolute atomic E-state index is 11.3. The van der Waals surface area contributed by atoms with Crippen molar-refractivity contribution >= 4 is 5.97 Å². The Kier molecular flexibility index (Phi) is 7.17. The van der Waals surface area contributed by atoms with E-state index in [1.807, 2.05) is 0 Å². The Morgan fingerprint density at radius 2 is 1.94 bits per heavy atom. The van der Waals surface area contributed by atoms with E-state index in [4.69, 9.17) is 4.74 Å². The van der Waals surface area contributed by atoms with Gasteiger partial charge in [0.2, 0.25) is 0 Å². The first-order valence-electron chi connectivity index (χ1n) is 6.66. The smallest absolute Gasteiger partial charge is 0.333 e. The number of ether oxygens (including phenoxy) is 1. The predicted molar refractivity (Wildman–Crippen MR) is 72.9 cm³/mol. The first kappa shape index (κ1) is 16.2. The molecule has 0 spiro atoms. The summed E-state index contributed by atoms with van der Waals surface area (Å²) in [6.45, 7) is 14.8. The Labute approximate surface area is 106 Å². The van der Waals surface area contributed by atoms with Gasteiger partial charge in [0.15, 0.2) is 0 Å². The zero-order chi connectivity index (χ0) is 13.5. The molecule has 0 fully saturated rings. The van der Waals surface area contributed by atoms with E-state index in [-0.39, 0.29) is 11.4 Å². The Morgan fingerprint density at radius 3 is 2.35 bits per heavy atom. The van der Waals surface area contributed by atoms with E-state index in [9.17, 15) is 4.79 Å². The highest BCUT2D eigenvalue weighted by atomic mass is 16.5. The Morgan fingerprint density at radius 1 is 1.35 bits per heavy atom. The van der Waals surface area contributed by atoms with Crippen LogP contribution in [0.1, 0.15) is 60.3 Å². The van der Waals surface area contributed by atoms with Crippen molar-refractivity contribution in [1.29, 1.82) is 0 Å². The third-order valence-corrected chi connectivity index (χ3v) is 3.75. The summed E-state index contributed by atoms with van der Waals surface area (Å²) in [7, 11) is 0. The minimum Gasteiger partial charge on any atom is -0.462 e. The van der Waals surface area contributed by atoms with Crippen LogP contribution in [0.4, 0.5) is 0 Å². The summed E-state index contributed by atoms with van der Waals surface area (Å²) in [5.74, 6) is 0.337. The highest BCUT2D eigenvalue weighted by Crippen LogP contribution is 2.36. The van der Waals surface area contributed by atoms with Gasteiger partial charge >= 0.3 is 5.97 Å². The van der Waals surface area contributed by atoms with E-state index in [0.717, 1.165) is 6.42 Å². The molecule has 17 heavy (non-hydrogen) atoms. The average Bonchev–Trinajstić information content (AvgIpc) is 2.25. The van der Waals surface area contributed by atoms with E-state index >= 15 is 0 Å². The molecule has 0 N–H and O–H groups in total. The van der Waals surface area contributed by atoms with Crippen molar-refractivity contribution in [3.8, 4) is 0 Å². The third-order valence-electron chi connectivity index (χ3n) is 3.75. The van der Waals surface area contributed by atoms with Crippen LogP contribution in [-0.4, -0.2) is 12.6 Å². The lowest BCUT2D eigenvalue weighted by Gasteiger charge is -2.33. The van der Waals surface area contributed by atoms with Gasteiger partial charge in [-0.2, -0.15) is 0 Å². The second-order valence-corrected chi connectivity index (χ2v) is 5.58. The molecule has 0 saturated heterocycles. The van der Waals surface area contributed by atoms with Gasteiger partial charge in [-0.3, -0.25) is 0 Å². The van der Waals surface area contributed by atoms with Crippen LogP contribution in [0.25, 0.3) is 0 Å². The van der Waals surface area contributed by atoms with Gasteiger partial charge in [-0.15, -0.1) is 0 Å². The first-order valence-corrected chi connectivity index (χ1v) is 6.66. The zero-order valence-electron chi connectivity index (χ0n) is 12.1. The standard InChI is InChI=1S/C15H28O2/c1-7-8-9-15(6,13(4)5)10-11-17-14(16)12(2)3/h13H,2,7-11H2,1,3-6H3. The lowest BCUT2D eigenvalue weighted by Crippen LogP contribution is -2.26. The van der Waals surface area contributed by atoms with Crippen molar-refractivity contribution in [3.63, 3.8) is 0 Å². The maximum atomic E-state index is 11.3. The average molecular weight is 240 g/mol. The van der Waals surface area contributed by atoms with Gasteiger partial charge in [-0.05, 0) is 31.1 Å². The van der Waals surface area contributed by atoms with Crippen LogP contribution >= 0.6 is 0 Å². The van der Waals surface area contributed by atoms with Crippen molar-refractivity contribution in [2.75, 3.05) is 6.61 Å². The van der Waals surface area contributed by atoms with Crippen molar-refractivity contribution in [2.45, 2.75) is 60.3 Å². The molecule has 0 aliphatic heterocycles. The molecule has 0 bridgehead atoms. The molecule has 1 unspecified atom stereocenters. The van der Waals surface area contributed by atoms with Gasteiger partial charge < -0.3 is 4.74 Å². The Bertz CT molecular complexity index is 256. The number of hydrogen-bond donors (Lipinski definition) is 0. The molecule has 0 heterocycles. The van der Waals surface area contributed by atoms with E-state index in [2.05, 4.69) is 34.3 Å². The van der Waals surface area contributed by atoms with Crippen LogP contribution in [0, 0.1) is 11.3 Å². The van der Waals surface area contributed by atoms with Gasteiger partial charge in [0.1, 0.15) is 0 Å². The number of hydrogen-bond acceptors (Lipinski definition) is 2. The largest absolute Gasteiger partial charge is 0.462 e. The normalized spacial score (nSPS) is 14.5. The monoisotopic (exact) mass is 240 g/mol. The molecule has 0 aliphatic rings. The van der Waals surface area contributed by atoms with E-state index in [1.165, 1.54) is 19.3 Å². The second-order valence-electron chi connectivity index (χ2n) is 5.58. The van der Waals surface area contributed by atoms with Crippen molar-refractivity contribution in [2.24, 2.45) is 11.3 Å². The molecule has 0 aromatic carbocycles. The van der Waals surface area contributed by atoms with Crippen LogP contribution in [0.3, 0.4) is 0 Å². The molecular weight excluding hydrogens is 212 g/mol. The minimum absolute atomic E-state index is 0.269. The van der Waals surface area contributed by atoms with Crippen LogP contribution in [0.15, 0.2) is 12.2 Å². The molecule has 0 aromatic heterocycles. The summed E-state index contributed by atoms with van der Waals surface area (Å²) in [5, 5.41) is 0. The first-order chi connectivity index (χ1) is 7.83. The number of unbranched alkanes of at least 4 members (excludes halogenated alkanes) is 1.